The van der Waals surface area contributed by atoms with E-state index in [2.05, 4.69) is 9.97 Å². The first-order valence-electron chi connectivity index (χ1n) is 3.50. The molecule has 0 spiro atoms. The summed E-state index contributed by atoms with van der Waals surface area (Å²) in [4.78, 5) is 7.21. The van der Waals surface area contributed by atoms with Crippen LogP contribution in [0.3, 0.4) is 0 Å². The zero-order valence-corrected chi connectivity index (χ0v) is 6.28. The minimum atomic E-state index is 1.03. The van der Waals surface area contributed by atoms with E-state index in [1.165, 1.54) is 0 Å². The summed E-state index contributed by atoms with van der Waals surface area (Å²) in [6.45, 7) is 1.97. The van der Waals surface area contributed by atoms with Gasteiger partial charge in [0.1, 0.15) is 12.1 Å². The van der Waals surface area contributed by atoms with Gasteiger partial charge in [-0.3, -0.25) is 4.57 Å². The molecule has 0 radical (unpaired) electrons. The summed E-state index contributed by atoms with van der Waals surface area (Å²) in [5.74, 6) is 1.05. The van der Waals surface area contributed by atoms with Gasteiger partial charge in [-0.05, 0) is 19.1 Å². The van der Waals surface area contributed by atoms with Crippen molar-refractivity contribution in [3.05, 3.63) is 36.5 Å². The fourth-order valence-electron chi connectivity index (χ4n) is 1.03. The van der Waals surface area contributed by atoms with Crippen molar-refractivity contribution in [3.8, 4) is 5.82 Å². The quantitative estimate of drug-likeness (QED) is 0.651. The van der Waals surface area contributed by atoms with Crippen LogP contribution in [0, 0.1) is 6.92 Å². The number of aromatic amines is 1. The number of hydrogen-bond acceptors (Lipinski definition) is 1. The molecule has 2 rings (SSSR count). The first-order valence-corrected chi connectivity index (χ1v) is 3.50. The molecule has 0 amide bonds. The predicted molar refractivity (Wildman–Crippen MR) is 42.7 cm³/mol. The van der Waals surface area contributed by atoms with Crippen LogP contribution in [-0.4, -0.2) is 14.5 Å². The molecule has 3 nitrogen and oxygen atoms in total. The Bertz CT molecular complexity index is 332. The number of H-pyrrole nitrogens is 1. The highest BCUT2D eigenvalue weighted by molar-refractivity contribution is 5.22. The highest BCUT2D eigenvalue weighted by atomic mass is 15.1. The first-order chi connectivity index (χ1) is 5.36. The van der Waals surface area contributed by atoms with Crippen molar-refractivity contribution < 1.29 is 0 Å². The number of rotatable bonds is 1. The highest BCUT2D eigenvalue weighted by Gasteiger charge is 1.95. The van der Waals surface area contributed by atoms with E-state index in [1.807, 2.05) is 36.0 Å². The summed E-state index contributed by atoms with van der Waals surface area (Å²) in [6, 6.07) is 3.96. The van der Waals surface area contributed by atoms with E-state index in [9.17, 15) is 0 Å². The summed E-state index contributed by atoms with van der Waals surface area (Å²) < 4.78 is 1.95. The molecule has 0 saturated heterocycles. The van der Waals surface area contributed by atoms with Gasteiger partial charge in [0.05, 0.1) is 5.69 Å². The van der Waals surface area contributed by atoms with Crippen molar-refractivity contribution in [2.24, 2.45) is 0 Å². The molecular formula is C8H9N3. The van der Waals surface area contributed by atoms with Gasteiger partial charge in [0.15, 0.2) is 0 Å². The number of aromatic nitrogens is 3. The zero-order chi connectivity index (χ0) is 7.68. The summed E-state index contributed by atoms with van der Waals surface area (Å²) in [5, 5.41) is 0. The van der Waals surface area contributed by atoms with E-state index < -0.39 is 0 Å². The Hall–Kier alpha value is -1.51. The molecule has 0 fully saturated rings. The van der Waals surface area contributed by atoms with E-state index in [0.29, 0.717) is 0 Å². The smallest absolute Gasteiger partial charge is 0.115 e. The molecule has 0 saturated carbocycles. The molecule has 3 heteroatoms. The van der Waals surface area contributed by atoms with Gasteiger partial charge in [0.2, 0.25) is 0 Å². The molecule has 0 aliphatic carbocycles. The fraction of sp³-hybridized carbons (Fsp3) is 0.125. The van der Waals surface area contributed by atoms with Crippen molar-refractivity contribution in [1.29, 1.82) is 0 Å². The van der Waals surface area contributed by atoms with Crippen LogP contribution in [0.2, 0.25) is 0 Å². The lowest BCUT2D eigenvalue weighted by molar-refractivity contribution is 1.01. The third-order valence-electron chi connectivity index (χ3n) is 1.57. The highest BCUT2D eigenvalue weighted by Crippen LogP contribution is 2.03. The van der Waals surface area contributed by atoms with E-state index in [1.54, 1.807) is 6.33 Å². The van der Waals surface area contributed by atoms with Gasteiger partial charge in [-0.1, -0.05) is 0 Å². The summed E-state index contributed by atoms with van der Waals surface area (Å²) in [5.41, 5.74) is 1.03. The Morgan fingerprint density at radius 2 is 2.45 bits per heavy atom. The molecule has 0 bridgehead atoms. The van der Waals surface area contributed by atoms with Crippen LogP contribution >= 0.6 is 0 Å². The van der Waals surface area contributed by atoms with E-state index >= 15 is 0 Å². The van der Waals surface area contributed by atoms with Crippen LogP contribution in [0.4, 0.5) is 0 Å². The lowest BCUT2D eigenvalue weighted by atomic mass is 10.5. The molecule has 2 aromatic rings. The van der Waals surface area contributed by atoms with Gasteiger partial charge < -0.3 is 4.98 Å². The van der Waals surface area contributed by atoms with Crippen LogP contribution in [0.15, 0.2) is 30.9 Å². The molecule has 1 N–H and O–H groups in total. The van der Waals surface area contributed by atoms with Crippen molar-refractivity contribution >= 4 is 0 Å². The van der Waals surface area contributed by atoms with Crippen LogP contribution in [-0.2, 0) is 0 Å². The third-order valence-corrected chi connectivity index (χ3v) is 1.57. The average Bonchev–Trinajstić information content (AvgIpc) is 2.55. The topological polar surface area (TPSA) is 33.6 Å². The van der Waals surface area contributed by atoms with Crippen molar-refractivity contribution in [1.82, 2.24) is 14.5 Å². The van der Waals surface area contributed by atoms with Gasteiger partial charge >= 0.3 is 0 Å². The summed E-state index contributed by atoms with van der Waals surface area (Å²) >= 11 is 0. The molecule has 0 aliphatic heterocycles. The maximum Gasteiger partial charge on any atom is 0.115 e. The third kappa shape index (κ3) is 1.05. The van der Waals surface area contributed by atoms with Gasteiger partial charge in [0, 0.05) is 12.4 Å². The maximum absolute atomic E-state index is 4.12. The molecule has 11 heavy (non-hydrogen) atoms. The number of aryl methyl sites for hydroxylation is 1. The van der Waals surface area contributed by atoms with Gasteiger partial charge in [-0.25, -0.2) is 4.98 Å². The fourth-order valence-corrected chi connectivity index (χ4v) is 1.03. The zero-order valence-electron chi connectivity index (χ0n) is 6.28. The molecule has 0 atom stereocenters. The second-order valence-electron chi connectivity index (χ2n) is 2.48. The lowest BCUT2D eigenvalue weighted by Gasteiger charge is -1.93. The Balaban J connectivity index is 2.45. The van der Waals surface area contributed by atoms with E-state index in [-0.39, 0.29) is 0 Å². The number of nitrogens with one attached hydrogen (secondary N) is 1. The standard InChI is InChI=1S/C8H9N3/c1-7-5-11(6-10-7)8-3-2-4-9-8/h2-6,9H,1H3. The number of hydrogen-bond donors (Lipinski definition) is 1. The lowest BCUT2D eigenvalue weighted by Crippen LogP contribution is -1.87. The summed E-state index contributed by atoms with van der Waals surface area (Å²) in [6.07, 6.45) is 5.66. The molecular weight excluding hydrogens is 138 g/mol. The first kappa shape index (κ1) is 6.22. The van der Waals surface area contributed by atoms with Crippen molar-refractivity contribution in [3.63, 3.8) is 0 Å². The Labute approximate surface area is 64.7 Å². The number of nitrogens with zero attached hydrogens (tertiary/aromatic N) is 2. The Kier molecular flexibility index (Phi) is 1.28. The molecule has 2 aromatic heterocycles. The Morgan fingerprint density at radius 3 is 3.00 bits per heavy atom. The Morgan fingerprint density at radius 1 is 1.55 bits per heavy atom. The normalized spacial score (nSPS) is 10.3. The predicted octanol–water partition coefficient (Wildman–Crippen LogP) is 1.51. The second kappa shape index (κ2) is 2.27. The van der Waals surface area contributed by atoms with Crippen LogP contribution < -0.4 is 0 Å². The SMILES string of the molecule is Cc1cn(-c2ccc[nH]2)cn1. The molecule has 0 aromatic carbocycles. The molecule has 0 unspecified atom stereocenters. The minimum Gasteiger partial charge on any atom is -0.348 e. The number of imidazole rings is 1. The van der Waals surface area contributed by atoms with Crippen molar-refractivity contribution in [2.45, 2.75) is 6.92 Å². The largest absolute Gasteiger partial charge is 0.348 e. The summed E-state index contributed by atoms with van der Waals surface area (Å²) in [7, 11) is 0. The second-order valence-corrected chi connectivity index (χ2v) is 2.48. The average molecular weight is 147 g/mol. The van der Waals surface area contributed by atoms with Crippen LogP contribution in [0.1, 0.15) is 5.69 Å². The van der Waals surface area contributed by atoms with Gasteiger partial charge in [-0.2, -0.15) is 0 Å². The monoisotopic (exact) mass is 147 g/mol. The van der Waals surface area contributed by atoms with Crippen molar-refractivity contribution in [2.75, 3.05) is 0 Å². The van der Waals surface area contributed by atoms with E-state index in [4.69, 9.17) is 0 Å². The van der Waals surface area contributed by atoms with E-state index in [0.717, 1.165) is 11.5 Å². The molecule has 2 heterocycles. The molecule has 0 aliphatic rings. The van der Waals surface area contributed by atoms with Crippen LogP contribution in [0.25, 0.3) is 5.82 Å². The minimum absolute atomic E-state index is 1.03. The van der Waals surface area contributed by atoms with Crippen LogP contribution in [0.5, 0.6) is 0 Å². The molecule has 56 valence electrons. The van der Waals surface area contributed by atoms with Gasteiger partial charge in [-0.15, -0.1) is 0 Å². The maximum atomic E-state index is 4.12. The van der Waals surface area contributed by atoms with Gasteiger partial charge in [0.25, 0.3) is 0 Å².